The second kappa shape index (κ2) is 20.9. The molecule has 5 aromatic carbocycles. The molecule has 6 heterocycles. The van der Waals surface area contributed by atoms with Crippen LogP contribution in [0.15, 0.2) is 167 Å². The fourth-order valence-corrected chi connectivity index (χ4v) is 9.50. The van der Waals surface area contributed by atoms with E-state index in [0.29, 0.717) is 74.4 Å². The van der Waals surface area contributed by atoms with Crippen LogP contribution in [0.3, 0.4) is 0 Å². The summed E-state index contributed by atoms with van der Waals surface area (Å²) in [5.74, 6) is 3.09. The predicted molar refractivity (Wildman–Crippen MR) is 283 cm³/mol. The largest absolute Gasteiger partial charge is 0.493 e. The molecule has 0 unspecified atom stereocenters. The highest BCUT2D eigenvalue weighted by molar-refractivity contribution is 6.15. The van der Waals surface area contributed by atoms with Gasteiger partial charge in [-0.25, -0.2) is 9.97 Å². The molecule has 1 aliphatic rings. The van der Waals surface area contributed by atoms with Gasteiger partial charge in [0.15, 0.2) is 28.8 Å². The van der Waals surface area contributed by atoms with Gasteiger partial charge in [0.25, 0.3) is 11.1 Å². The number of hydrogen-bond acceptors (Lipinski definition) is 14. The molecular formula is C58H49N7O9. The summed E-state index contributed by atoms with van der Waals surface area (Å²) >= 11 is 0. The first kappa shape index (κ1) is 48.5. The van der Waals surface area contributed by atoms with Gasteiger partial charge in [-0.3, -0.25) is 24.1 Å². The Morgan fingerprint density at radius 3 is 1.99 bits per heavy atom. The number of hydrogen-bond donors (Lipinski definition) is 3. The van der Waals surface area contributed by atoms with E-state index >= 15 is 0 Å². The number of aliphatic imine (C=N–C) groups is 1. The normalized spacial score (nSPS) is 13.0. The Balaban J connectivity index is 0.000000170. The van der Waals surface area contributed by atoms with Crippen LogP contribution in [0.2, 0.25) is 0 Å². The maximum Gasteiger partial charge on any atom is 0.280 e. The number of aromatic nitrogens is 6. The van der Waals surface area contributed by atoms with Crippen molar-refractivity contribution in [2.24, 2.45) is 4.99 Å². The molecule has 0 saturated heterocycles. The van der Waals surface area contributed by atoms with Gasteiger partial charge >= 0.3 is 0 Å². The lowest BCUT2D eigenvalue weighted by Gasteiger charge is -2.24. The zero-order valence-corrected chi connectivity index (χ0v) is 40.8. The molecule has 16 nitrogen and oxygen atoms in total. The summed E-state index contributed by atoms with van der Waals surface area (Å²) in [7, 11) is 6.31. The van der Waals surface area contributed by atoms with E-state index in [1.165, 1.54) is 9.25 Å². The highest BCUT2D eigenvalue weighted by Crippen LogP contribution is 2.41. The fraction of sp³-hybridized carbons (Fsp3) is 0.155. The second-order valence-electron chi connectivity index (χ2n) is 17.3. The number of fused-ring (bicyclic) bond motifs is 4. The number of aliphatic hydroxyl groups excluding tert-OH is 3. The van der Waals surface area contributed by atoms with E-state index in [9.17, 15) is 24.9 Å². The summed E-state index contributed by atoms with van der Waals surface area (Å²) in [6.45, 7) is -0.617. The van der Waals surface area contributed by atoms with Crippen LogP contribution in [0.1, 0.15) is 27.8 Å². The van der Waals surface area contributed by atoms with Crippen molar-refractivity contribution in [2.45, 2.75) is 25.7 Å². The molecule has 1 aliphatic heterocycles. The smallest absolute Gasteiger partial charge is 0.280 e. The molecule has 0 fully saturated rings. The molecule has 11 rings (SSSR count). The summed E-state index contributed by atoms with van der Waals surface area (Å²) in [4.78, 5) is 44.8. The number of nitrogens with zero attached hydrogens (tertiary/aromatic N) is 7. The molecule has 370 valence electrons. The Labute approximate surface area is 423 Å². The average molecular weight is 988 g/mol. The third-order valence-electron chi connectivity index (χ3n) is 13.1. The molecule has 0 saturated carbocycles. The zero-order valence-electron chi connectivity index (χ0n) is 40.8. The van der Waals surface area contributed by atoms with E-state index in [4.69, 9.17) is 29.0 Å². The molecule has 0 radical (unpaired) electrons. The SMILES string of the molecule is COc1cc2c(cc1OC)C(c1ccnc(-n3nc(-c4cccnc4)c4ccccc4c3=O)c1)=N[C@H](CO)C2.COc1cc2cc(CO)c(CO)c(-c3ccnc(-n4ccc5ccccc5c4=O)c3)c2cc1OC. The molecule has 0 amide bonds. The van der Waals surface area contributed by atoms with Crippen LogP contribution in [0.5, 0.6) is 23.0 Å². The van der Waals surface area contributed by atoms with Gasteiger partial charge in [-0.1, -0.05) is 36.4 Å². The molecule has 5 aromatic heterocycles. The van der Waals surface area contributed by atoms with Crippen LogP contribution < -0.4 is 30.1 Å². The van der Waals surface area contributed by atoms with Gasteiger partial charge in [-0.05, 0) is 135 Å². The molecule has 10 aromatic rings. The van der Waals surface area contributed by atoms with Crippen LogP contribution in [-0.4, -0.2) is 91.4 Å². The first-order valence-electron chi connectivity index (χ1n) is 23.5. The number of pyridine rings is 4. The first-order valence-corrected chi connectivity index (χ1v) is 23.5. The summed E-state index contributed by atoms with van der Waals surface area (Å²) in [5.41, 5.74) is 6.87. The van der Waals surface area contributed by atoms with Gasteiger partial charge in [0.1, 0.15) is 11.5 Å². The summed E-state index contributed by atoms with van der Waals surface area (Å²) < 4.78 is 24.8. The molecule has 74 heavy (non-hydrogen) atoms. The van der Waals surface area contributed by atoms with Crippen molar-refractivity contribution >= 4 is 38.0 Å². The van der Waals surface area contributed by atoms with Crippen LogP contribution in [0.25, 0.3) is 66.3 Å². The highest BCUT2D eigenvalue weighted by Gasteiger charge is 2.26. The highest BCUT2D eigenvalue weighted by atomic mass is 16.5. The Hall–Kier alpha value is -9.09. The van der Waals surface area contributed by atoms with Crippen LogP contribution >= 0.6 is 0 Å². The molecule has 3 N–H and O–H groups in total. The van der Waals surface area contributed by atoms with E-state index in [0.717, 1.165) is 54.9 Å². The quantitative estimate of drug-likeness (QED) is 0.107. The molecular weight excluding hydrogens is 939 g/mol. The van der Waals surface area contributed by atoms with Crippen molar-refractivity contribution in [3.63, 3.8) is 0 Å². The molecule has 1 atom stereocenters. The van der Waals surface area contributed by atoms with Crippen molar-refractivity contribution in [3.8, 4) is 57.0 Å². The van der Waals surface area contributed by atoms with E-state index in [2.05, 4.69) is 15.0 Å². The first-order chi connectivity index (χ1) is 36.2. The predicted octanol–water partition coefficient (Wildman–Crippen LogP) is 7.82. The number of methoxy groups -OCH3 is 4. The van der Waals surface area contributed by atoms with E-state index in [1.807, 2.05) is 103 Å². The minimum Gasteiger partial charge on any atom is -0.493 e. The van der Waals surface area contributed by atoms with Crippen LogP contribution in [-0.2, 0) is 19.6 Å². The van der Waals surface area contributed by atoms with Crippen LogP contribution in [0, 0.1) is 0 Å². The Morgan fingerprint density at radius 2 is 1.27 bits per heavy atom. The van der Waals surface area contributed by atoms with E-state index in [-0.39, 0.29) is 37.0 Å². The zero-order chi connectivity index (χ0) is 51.5. The second-order valence-corrected chi connectivity index (χ2v) is 17.3. The maximum absolute atomic E-state index is 13.6. The topological polar surface area (TPSA) is 206 Å². The van der Waals surface area contributed by atoms with E-state index < -0.39 is 0 Å². The van der Waals surface area contributed by atoms with Crippen molar-refractivity contribution < 1.29 is 34.3 Å². The average Bonchev–Trinajstić information content (AvgIpc) is 3.46. The Kier molecular flexibility index (Phi) is 13.7. The Morgan fingerprint density at radius 1 is 0.595 bits per heavy atom. The van der Waals surface area contributed by atoms with Crippen LogP contribution in [0.4, 0.5) is 0 Å². The number of rotatable bonds is 12. The van der Waals surface area contributed by atoms with Gasteiger partial charge in [0, 0.05) is 58.4 Å². The summed E-state index contributed by atoms with van der Waals surface area (Å²) in [6, 6.07) is 36.7. The van der Waals surface area contributed by atoms with Crippen molar-refractivity contribution in [1.82, 2.24) is 29.3 Å². The number of ether oxygens (including phenoxy) is 4. The van der Waals surface area contributed by atoms with Crippen molar-refractivity contribution in [3.05, 3.63) is 201 Å². The Bertz CT molecular complexity index is 3910. The van der Waals surface area contributed by atoms with Gasteiger partial charge in [-0.15, -0.1) is 0 Å². The minimum atomic E-state index is -0.319. The lowest BCUT2D eigenvalue weighted by atomic mass is 9.90. The lowest BCUT2D eigenvalue weighted by Crippen LogP contribution is -2.26. The van der Waals surface area contributed by atoms with Gasteiger partial charge in [-0.2, -0.15) is 9.78 Å². The van der Waals surface area contributed by atoms with Crippen molar-refractivity contribution in [1.29, 1.82) is 0 Å². The lowest BCUT2D eigenvalue weighted by molar-refractivity contribution is 0.260. The monoisotopic (exact) mass is 987 g/mol. The third-order valence-corrected chi connectivity index (χ3v) is 13.1. The van der Waals surface area contributed by atoms with Gasteiger partial charge in [0.05, 0.1) is 65.4 Å². The summed E-state index contributed by atoms with van der Waals surface area (Å²) in [6.07, 6.45) is 8.94. The minimum absolute atomic E-state index is 0.102. The van der Waals surface area contributed by atoms with E-state index in [1.54, 1.807) is 77.6 Å². The third kappa shape index (κ3) is 8.97. The maximum atomic E-state index is 13.6. The molecule has 16 heteroatoms. The molecule has 0 spiro atoms. The van der Waals surface area contributed by atoms with Gasteiger partial charge in [0.2, 0.25) is 0 Å². The standard InChI is InChI=1S/C30H25N5O4.C28H24N2O5/c1-38-25-13-20-12-21(17-36)33-28(24(20)15-26(25)39-2)18-9-11-32-27(14-18)35-30(37)23-8-4-3-7-22(23)29(34-35)19-6-5-10-31-16-19;1-34-24-12-19-11-20(15-31)23(16-32)27(22(19)14-25(24)35-2)18-7-9-29-26(13-18)30-10-8-17-5-3-4-6-21(17)28(30)33/h3-11,13-16,21,36H,12,17H2,1-2H3;3-14,31-32H,15-16H2,1-2H3/t21-;/m0./s1. The van der Waals surface area contributed by atoms with Crippen molar-refractivity contribution in [2.75, 3.05) is 35.0 Å². The molecule has 0 bridgehead atoms. The van der Waals surface area contributed by atoms with Gasteiger partial charge < -0.3 is 34.3 Å². The summed E-state index contributed by atoms with van der Waals surface area (Å²) in [5, 5.41) is 39.4. The number of aliphatic hydroxyl groups is 3. The fourth-order valence-electron chi connectivity index (χ4n) is 9.50. The molecule has 0 aliphatic carbocycles. The number of benzene rings is 5.